The normalized spacial score (nSPS) is 12.4. The van der Waals surface area contributed by atoms with Crippen LogP contribution >= 0.6 is 0 Å². The van der Waals surface area contributed by atoms with E-state index in [-0.39, 0.29) is 0 Å². The van der Waals surface area contributed by atoms with E-state index in [0.717, 1.165) is 11.0 Å². The van der Waals surface area contributed by atoms with Gasteiger partial charge in [0.2, 0.25) is 0 Å². The van der Waals surface area contributed by atoms with Crippen LogP contribution in [0, 0.1) is 0 Å². The molecule has 0 aliphatic rings. The number of ether oxygens (including phenoxy) is 2. The third kappa shape index (κ3) is 9.32. The SMILES string of the molecule is CC(C)(C)OC(=O)OCC[N+](C)(C)C. The summed E-state index contributed by atoms with van der Waals surface area (Å²) >= 11 is 0. The first kappa shape index (κ1) is 13.2. The Morgan fingerprint density at radius 2 is 1.71 bits per heavy atom. The maximum absolute atomic E-state index is 11.1. The van der Waals surface area contributed by atoms with Gasteiger partial charge in [-0.3, -0.25) is 0 Å². The van der Waals surface area contributed by atoms with E-state index in [2.05, 4.69) is 0 Å². The average molecular weight is 204 g/mol. The standard InChI is InChI=1S/C10H22NO3/c1-10(2,3)14-9(12)13-8-7-11(4,5)6/h7-8H2,1-6H3/q+1. The van der Waals surface area contributed by atoms with Gasteiger partial charge in [-0.2, -0.15) is 0 Å². The van der Waals surface area contributed by atoms with Gasteiger partial charge in [-0.1, -0.05) is 0 Å². The van der Waals surface area contributed by atoms with Gasteiger partial charge in [0.15, 0.2) is 0 Å². The number of hydrogen-bond acceptors (Lipinski definition) is 3. The molecule has 0 fully saturated rings. The van der Waals surface area contributed by atoms with Crippen molar-refractivity contribution in [3.63, 3.8) is 0 Å². The zero-order valence-corrected chi connectivity index (χ0v) is 10.1. The molecule has 14 heavy (non-hydrogen) atoms. The second-order valence-electron chi connectivity index (χ2n) is 5.33. The molecule has 0 aromatic carbocycles. The second kappa shape index (κ2) is 4.64. The Labute approximate surface area is 86.4 Å². The first-order valence-electron chi connectivity index (χ1n) is 4.76. The van der Waals surface area contributed by atoms with E-state index in [9.17, 15) is 4.79 Å². The van der Waals surface area contributed by atoms with Crippen LogP contribution in [-0.4, -0.2) is 50.5 Å². The highest BCUT2D eigenvalue weighted by Crippen LogP contribution is 2.07. The van der Waals surface area contributed by atoms with E-state index in [4.69, 9.17) is 9.47 Å². The van der Waals surface area contributed by atoms with Crippen LogP contribution in [0.5, 0.6) is 0 Å². The van der Waals surface area contributed by atoms with Crippen LogP contribution in [0.15, 0.2) is 0 Å². The van der Waals surface area contributed by atoms with E-state index in [1.54, 1.807) is 0 Å². The fourth-order valence-electron chi connectivity index (χ4n) is 0.682. The van der Waals surface area contributed by atoms with Crippen molar-refractivity contribution in [1.82, 2.24) is 0 Å². The van der Waals surface area contributed by atoms with Crippen LogP contribution in [0.3, 0.4) is 0 Å². The third-order valence-corrected chi connectivity index (χ3v) is 1.37. The molecule has 0 spiro atoms. The maximum atomic E-state index is 11.1. The number of quaternary nitrogens is 1. The van der Waals surface area contributed by atoms with Gasteiger partial charge in [-0.25, -0.2) is 4.79 Å². The largest absolute Gasteiger partial charge is 0.509 e. The molecule has 0 rings (SSSR count). The zero-order chi connectivity index (χ0) is 11.4. The molecule has 0 aromatic heterocycles. The van der Waals surface area contributed by atoms with Gasteiger partial charge in [0.1, 0.15) is 18.8 Å². The number of likely N-dealkylation sites (N-methyl/N-ethyl adjacent to an activating group) is 1. The molecule has 0 aromatic rings. The van der Waals surface area contributed by atoms with Gasteiger partial charge in [-0.05, 0) is 20.8 Å². The molecule has 0 bridgehead atoms. The van der Waals surface area contributed by atoms with Gasteiger partial charge in [0, 0.05) is 0 Å². The molecule has 0 radical (unpaired) electrons. The highest BCUT2D eigenvalue weighted by molar-refractivity contribution is 5.60. The van der Waals surface area contributed by atoms with Crippen molar-refractivity contribution in [3.8, 4) is 0 Å². The molecule has 0 aliphatic heterocycles. The highest BCUT2D eigenvalue weighted by atomic mass is 16.7. The molecule has 0 heterocycles. The Balaban J connectivity index is 3.66. The molecule has 0 N–H and O–H groups in total. The van der Waals surface area contributed by atoms with Crippen molar-refractivity contribution in [3.05, 3.63) is 0 Å². The minimum absolute atomic E-state index is 0.387. The summed E-state index contributed by atoms with van der Waals surface area (Å²) in [5.74, 6) is 0. The lowest BCUT2D eigenvalue weighted by Crippen LogP contribution is -2.38. The first-order chi connectivity index (χ1) is 6.10. The van der Waals surface area contributed by atoms with Gasteiger partial charge < -0.3 is 14.0 Å². The fourth-order valence-corrected chi connectivity index (χ4v) is 0.682. The molecule has 84 valence electrons. The molecule has 0 unspecified atom stereocenters. The maximum Gasteiger partial charge on any atom is 0.509 e. The van der Waals surface area contributed by atoms with Gasteiger partial charge in [-0.15, -0.1) is 0 Å². The fraction of sp³-hybridized carbons (Fsp3) is 0.900. The lowest BCUT2D eigenvalue weighted by molar-refractivity contribution is -0.870. The Morgan fingerprint density at radius 1 is 1.21 bits per heavy atom. The molecule has 0 aliphatic carbocycles. The minimum Gasteiger partial charge on any atom is -0.429 e. The van der Waals surface area contributed by atoms with Crippen molar-refractivity contribution in [2.75, 3.05) is 34.3 Å². The summed E-state index contributed by atoms with van der Waals surface area (Å²) in [6.07, 6.45) is -0.592. The summed E-state index contributed by atoms with van der Waals surface area (Å²) in [5, 5.41) is 0. The average Bonchev–Trinajstić information content (AvgIpc) is 1.78. The van der Waals surface area contributed by atoms with Crippen LogP contribution in [0.25, 0.3) is 0 Å². The van der Waals surface area contributed by atoms with Gasteiger partial charge in [0.05, 0.1) is 21.1 Å². The Bertz CT molecular complexity index is 189. The predicted molar refractivity (Wildman–Crippen MR) is 55.1 cm³/mol. The quantitative estimate of drug-likeness (QED) is 0.518. The smallest absolute Gasteiger partial charge is 0.429 e. The summed E-state index contributed by atoms with van der Waals surface area (Å²) in [6.45, 7) is 6.61. The molecule has 0 saturated carbocycles. The van der Waals surface area contributed by atoms with Gasteiger partial charge >= 0.3 is 6.16 Å². The highest BCUT2D eigenvalue weighted by Gasteiger charge is 2.18. The van der Waals surface area contributed by atoms with Crippen LogP contribution in [0.2, 0.25) is 0 Å². The van der Waals surface area contributed by atoms with E-state index >= 15 is 0 Å². The van der Waals surface area contributed by atoms with E-state index < -0.39 is 11.8 Å². The van der Waals surface area contributed by atoms with Crippen LogP contribution in [0.1, 0.15) is 20.8 Å². The van der Waals surface area contributed by atoms with Gasteiger partial charge in [0.25, 0.3) is 0 Å². The Hall–Kier alpha value is -0.770. The molecule has 4 nitrogen and oxygen atoms in total. The molecule has 4 heteroatoms. The molecular weight excluding hydrogens is 182 g/mol. The van der Waals surface area contributed by atoms with Crippen LogP contribution < -0.4 is 0 Å². The lowest BCUT2D eigenvalue weighted by atomic mass is 10.2. The van der Waals surface area contributed by atoms with E-state index in [0.29, 0.717) is 6.61 Å². The van der Waals surface area contributed by atoms with Crippen molar-refractivity contribution in [2.45, 2.75) is 26.4 Å². The van der Waals surface area contributed by atoms with Crippen molar-refractivity contribution >= 4 is 6.16 Å². The van der Waals surface area contributed by atoms with Crippen molar-refractivity contribution in [1.29, 1.82) is 0 Å². The topological polar surface area (TPSA) is 35.5 Å². The molecule has 0 atom stereocenters. The summed E-state index contributed by atoms with van der Waals surface area (Å²) in [6, 6.07) is 0. The van der Waals surface area contributed by atoms with E-state index in [1.165, 1.54) is 0 Å². The predicted octanol–water partition coefficient (Wildman–Crippen LogP) is 1.64. The number of hydrogen-bond donors (Lipinski definition) is 0. The van der Waals surface area contributed by atoms with E-state index in [1.807, 2.05) is 41.9 Å². The van der Waals surface area contributed by atoms with Crippen molar-refractivity contribution in [2.24, 2.45) is 0 Å². The summed E-state index contributed by atoms with van der Waals surface area (Å²) in [7, 11) is 6.12. The minimum atomic E-state index is -0.592. The second-order valence-corrected chi connectivity index (χ2v) is 5.33. The van der Waals surface area contributed by atoms with Crippen LogP contribution in [-0.2, 0) is 9.47 Å². The number of rotatable bonds is 3. The number of nitrogens with zero attached hydrogens (tertiary/aromatic N) is 1. The molecule has 0 saturated heterocycles. The summed E-state index contributed by atoms with van der Waals surface area (Å²) < 4.78 is 10.7. The monoisotopic (exact) mass is 204 g/mol. The zero-order valence-electron chi connectivity index (χ0n) is 10.1. The Kier molecular flexibility index (Phi) is 4.39. The van der Waals surface area contributed by atoms with Crippen LogP contribution in [0.4, 0.5) is 4.79 Å². The lowest BCUT2D eigenvalue weighted by Gasteiger charge is -2.24. The number of carbonyl (C=O) groups excluding carboxylic acids is 1. The number of carbonyl (C=O) groups is 1. The Morgan fingerprint density at radius 3 is 2.07 bits per heavy atom. The first-order valence-corrected chi connectivity index (χ1v) is 4.76. The molecular formula is C10H22NO3+. The molecule has 0 amide bonds. The third-order valence-electron chi connectivity index (χ3n) is 1.37. The van der Waals surface area contributed by atoms with Crippen molar-refractivity contribution < 1.29 is 18.8 Å². The summed E-state index contributed by atoms with van der Waals surface area (Å²) in [5.41, 5.74) is -0.478. The summed E-state index contributed by atoms with van der Waals surface area (Å²) in [4.78, 5) is 11.1.